The van der Waals surface area contributed by atoms with Crippen molar-refractivity contribution in [3.05, 3.63) is 24.4 Å². The number of pyridine rings is 1. The van der Waals surface area contributed by atoms with E-state index in [-0.39, 0.29) is 6.10 Å². The number of rotatable bonds is 11. The smallest absolute Gasteiger partial charge is 0.213 e. The molecular formula is C14H23NO4. The highest BCUT2D eigenvalue weighted by molar-refractivity contribution is 5.08. The van der Waals surface area contributed by atoms with Crippen molar-refractivity contribution in [2.45, 2.75) is 20.0 Å². The lowest BCUT2D eigenvalue weighted by Crippen LogP contribution is -2.14. The molecule has 5 heteroatoms. The molecule has 1 aromatic heterocycles. The Morgan fingerprint density at radius 1 is 0.947 bits per heavy atom. The molecule has 0 aliphatic rings. The van der Waals surface area contributed by atoms with Gasteiger partial charge in [0.25, 0.3) is 0 Å². The molecule has 0 spiro atoms. The van der Waals surface area contributed by atoms with Gasteiger partial charge in [-0.15, -0.1) is 0 Å². The lowest BCUT2D eigenvalue weighted by molar-refractivity contribution is -0.00481. The SMILES string of the molecule is CC(C)OCCOCCOCCOc1ccccn1. The summed E-state index contributed by atoms with van der Waals surface area (Å²) in [4.78, 5) is 4.04. The second-order valence-corrected chi connectivity index (χ2v) is 4.16. The fraction of sp³-hybridized carbons (Fsp3) is 0.643. The van der Waals surface area contributed by atoms with E-state index in [9.17, 15) is 0 Å². The molecule has 0 radical (unpaired) electrons. The Hall–Kier alpha value is -1.17. The van der Waals surface area contributed by atoms with Crippen LogP contribution in [0.3, 0.4) is 0 Å². The minimum atomic E-state index is 0.253. The summed E-state index contributed by atoms with van der Waals surface area (Å²) in [6.45, 7) is 7.40. The van der Waals surface area contributed by atoms with Crippen LogP contribution in [0.5, 0.6) is 5.88 Å². The lowest BCUT2D eigenvalue weighted by atomic mass is 10.5. The molecule has 0 amide bonds. The number of aromatic nitrogens is 1. The topological polar surface area (TPSA) is 49.8 Å². The normalized spacial score (nSPS) is 10.9. The molecule has 0 N–H and O–H groups in total. The van der Waals surface area contributed by atoms with Crippen molar-refractivity contribution in [3.63, 3.8) is 0 Å². The highest BCUT2D eigenvalue weighted by Crippen LogP contribution is 2.02. The molecule has 0 saturated heterocycles. The third kappa shape index (κ3) is 9.41. The zero-order chi connectivity index (χ0) is 13.8. The van der Waals surface area contributed by atoms with Crippen molar-refractivity contribution in [2.24, 2.45) is 0 Å². The summed E-state index contributed by atoms with van der Waals surface area (Å²) in [7, 11) is 0. The zero-order valence-electron chi connectivity index (χ0n) is 11.7. The first-order valence-corrected chi connectivity index (χ1v) is 6.60. The standard InChI is InChI=1S/C14H23NO4/c1-13(2)18-11-9-16-7-8-17-10-12-19-14-5-3-4-6-15-14/h3-6,13H,7-12H2,1-2H3. The van der Waals surface area contributed by atoms with E-state index in [0.717, 1.165) is 0 Å². The highest BCUT2D eigenvalue weighted by Gasteiger charge is 1.95. The number of hydrogen-bond acceptors (Lipinski definition) is 5. The van der Waals surface area contributed by atoms with Gasteiger partial charge in [-0.3, -0.25) is 0 Å². The number of ether oxygens (including phenoxy) is 4. The minimum Gasteiger partial charge on any atom is -0.475 e. The van der Waals surface area contributed by atoms with Gasteiger partial charge >= 0.3 is 0 Å². The zero-order valence-corrected chi connectivity index (χ0v) is 11.7. The van der Waals surface area contributed by atoms with Crippen molar-refractivity contribution < 1.29 is 18.9 Å². The maximum atomic E-state index is 5.38. The monoisotopic (exact) mass is 269 g/mol. The van der Waals surface area contributed by atoms with Gasteiger partial charge in [0.2, 0.25) is 5.88 Å². The molecule has 0 atom stereocenters. The van der Waals surface area contributed by atoms with Gasteiger partial charge in [0.05, 0.1) is 39.1 Å². The number of hydrogen-bond donors (Lipinski definition) is 0. The second-order valence-electron chi connectivity index (χ2n) is 4.16. The molecule has 1 heterocycles. The van der Waals surface area contributed by atoms with Crippen LogP contribution in [0.1, 0.15) is 13.8 Å². The van der Waals surface area contributed by atoms with Crippen molar-refractivity contribution in [1.29, 1.82) is 0 Å². The molecular weight excluding hydrogens is 246 g/mol. The first kappa shape index (κ1) is 15.9. The van der Waals surface area contributed by atoms with Crippen LogP contribution in [0.15, 0.2) is 24.4 Å². The van der Waals surface area contributed by atoms with E-state index in [2.05, 4.69) is 4.98 Å². The largest absolute Gasteiger partial charge is 0.475 e. The summed E-state index contributed by atoms with van der Waals surface area (Å²) in [5, 5.41) is 0. The van der Waals surface area contributed by atoms with Gasteiger partial charge in [0.15, 0.2) is 0 Å². The van der Waals surface area contributed by atoms with E-state index in [1.54, 1.807) is 6.20 Å². The van der Waals surface area contributed by atoms with Gasteiger partial charge in [-0.25, -0.2) is 4.98 Å². The Morgan fingerprint density at radius 3 is 2.26 bits per heavy atom. The van der Waals surface area contributed by atoms with E-state index in [0.29, 0.717) is 45.5 Å². The maximum absolute atomic E-state index is 5.38. The van der Waals surface area contributed by atoms with Gasteiger partial charge in [-0.05, 0) is 19.9 Å². The molecule has 108 valence electrons. The van der Waals surface area contributed by atoms with Crippen LogP contribution in [-0.2, 0) is 14.2 Å². The number of nitrogens with zero attached hydrogens (tertiary/aromatic N) is 1. The van der Waals surface area contributed by atoms with Gasteiger partial charge in [0.1, 0.15) is 6.61 Å². The van der Waals surface area contributed by atoms with E-state index in [4.69, 9.17) is 18.9 Å². The third-order valence-corrected chi connectivity index (χ3v) is 2.17. The van der Waals surface area contributed by atoms with Crippen molar-refractivity contribution in [1.82, 2.24) is 4.98 Å². The van der Waals surface area contributed by atoms with Crippen LogP contribution in [0.2, 0.25) is 0 Å². The fourth-order valence-corrected chi connectivity index (χ4v) is 1.30. The Balaban J connectivity index is 1.81. The lowest BCUT2D eigenvalue weighted by Gasteiger charge is -2.08. The molecule has 0 aromatic carbocycles. The van der Waals surface area contributed by atoms with Crippen molar-refractivity contribution in [2.75, 3.05) is 39.6 Å². The molecule has 1 aromatic rings. The highest BCUT2D eigenvalue weighted by atomic mass is 16.6. The molecule has 0 unspecified atom stereocenters. The molecule has 0 aliphatic carbocycles. The van der Waals surface area contributed by atoms with Crippen LogP contribution in [0.4, 0.5) is 0 Å². The van der Waals surface area contributed by atoms with Crippen LogP contribution >= 0.6 is 0 Å². The Bertz CT molecular complexity index is 306. The molecule has 19 heavy (non-hydrogen) atoms. The molecule has 0 bridgehead atoms. The predicted octanol–water partition coefficient (Wildman–Crippen LogP) is 1.92. The van der Waals surface area contributed by atoms with Crippen LogP contribution in [0, 0.1) is 0 Å². The minimum absolute atomic E-state index is 0.253. The first-order chi connectivity index (χ1) is 9.29. The Kier molecular flexibility index (Phi) is 8.97. The fourth-order valence-electron chi connectivity index (χ4n) is 1.30. The third-order valence-electron chi connectivity index (χ3n) is 2.17. The summed E-state index contributed by atoms with van der Waals surface area (Å²) in [6, 6.07) is 5.55. The van der Waals surface area contributed by atoms with Gasteiger partial charge in [-0.2, -0.15) is 0 Å². The van der Waals surface area contributed by atoms with Crippen LogP contribution in [-0.4, -0.2) is 50.7 Å². The van der Waals surface area contributed by atoms with Crippen molar-refractivity contribution in [3.8, 4) is 5.88 Å². The van der Waals surface area contributed by atoms with Crippen LogP contribution < -0.4 is 4.74 Å². The van der Waals surface area contributed by atoms with E-state index < -0.39 is 0 Å². The average Bonchev–Trinajstić information content (AvgIpc) is 2.42. The van der Waals surface area contributed by atoms with E-state index in [1.165, 1.54) is 0 Å². The average molecular weight is 269 g/mol. The Labute approximate surface area is 114 Å². The summed E-state index contributed by atoms with van der Waals surface area (Å²) in [6.07, 6.45) is 1.95. The summed E-state index contributed by atoms with van der Waals surface area (Å²) in [5.41, 5.74) is 0. The Morgan fingerprint density at radius 2 is 1.63 bits per heavy atom. The molecule has 5 nitrogen and oxygen atoms in total. The van der Waals surface area contributed by atoms with E-state index in [1.807, 2.05) is 32.0 Å². The summed E-state index contributed by atoms with van der Waals surface area (Å²) < 4.78 is 21.4. The van der Waals surface area contributed by atoms with Crippen molar-refractivity contribution >= 4 is 0 Å². The first-order valence-electron chi connectivity index (χ1n) is 6.60. The molecule has 0 aliphatic heterocycles. The summed E-state index contributed by atoms with van der Waals surface area (Å²) in [5.74, 6) is 0.619. The van der Waals surface area contributed by atoms with Crippen LogP contribution in [0.25, 0.3) is 0 Å². The summed E-state index contributed by atoms with van der Waals surface area (Å²) >= 11 is 0. The maximum Gasteiger partial charge on any atom is 0.213 e. The molecule has 0 fully saturated rings. The van der Waals surface area contributed by atoms with Gasteiger partial charge in [-0.1, -0.05) is 6.07 Å². The van der Waals surface area contributed by atoms with Gasteiger partial charge < -0.3 is 18.9 Å². The molecule has 1 rings (SSSR count). The quantitative estimate of drug-likeness (QED) is 0.574. The molecule has 0 saturated carbocycles. The second kappa shape index (κ2) is 10.7. The predicted molar refractivity (Wildman–Crippen MR) is 72.5 cm³/mol. The van der Waals surface area contributed by atoms with E-state index >= 15 is 0 Å². The van der Waals surface area contributed by atoms with Gasteiger partial charge in [0, 0.05) is 12.3 Å².